The van der Waals surface area contributed by atoms with Crippen LogP contribution in [0.4, 0.5) is 68.2 Å². The summed E-state index contributed by atoms with van der Waals surface area (Å²) in [6.45, 7) is 0. The molecule has 0 aromatic heterocycles. The summed E-state index contributed by atoms with van der Waals surface area (Å²) < 4.78 is 0.948. The second kappa shape index (κ2) is 17.5. The van der Waals surface area contributed by atoms with Crippen molar-refractivity contribution in [2.75, 3.05) is 19.6 Å². The maximum Gasteiger partial charge on any atom is 0.119 e. The van der Waals surface area contributed by atoms with Crippen molar-refractivity contribution in [2.45, 2.75) is 0 Å². The van der Waals surface area contributed by atoms with Crippen LogP contribution in [0, 0.1) is 0 Å². The van der Waals surface area contributed by atoms with E-state index in [2.05, 4.69) is 193 Å². The van der Waals surface area contributed by atoms with Crippen molar-refractivity contribution >= 4 is 84.2 Å². The first-order chi connectivity index (χ1) is 29.6. The predicted octanol–water partition coefficient (Wildman–Crippen LogP) is 16.0. The Morgan fingerprint density at radius 2 is 0.450 bits per heavy atom. The van der Waals surface area contributed by atoms with E-state index in [-0.39, 0.29) is 5.75 Å². The zero-order chi connectivity index (χ0) is 40.7. The van der Waals surface area contributed by atoms with Crippen molar-refractivity contribution in [1.82, 2.24) is 0 Å². The number of aromatic hydroxyl groups is 1. The Morgan fingerprint density at radius 3 is 0.733 bits per heavy atom. The Balaban J connectivity index is 1.19. The first kappa shape index (κ1) is 38.0. The van der Waals surface area contributed by atoms with Gasteiger partial charge in [-0.25, -0.2) is 0 Å². The first-order valence-corrected chi connectivity index (χ1v) is 20.6. The zero-order valence-corrected chi connectivity index (χ0v) is 34.3. The highest BCUT2D eigenvalue weighted by Gasteiger charge is 2.22. The minimum absolute atomic E-state index is 0.158. The van der Waals surface area contributed by atoms with Gasteiger partial charge in [0.15, 0.2) is 0 Å². The van der Waals surface area contributed by atoms with E-state index in [9.17, 15) is 5.11 Å². The van der Waals surface area contributed by atoms with Crippen LogP contribution in [0.15, 0.2) is 247 Å². The van der Waals surface area contributed by atoms with Crippen LogP contribution in [0.2, 0.25) is 0 Å². The van der Waals surface area contributed by atoms with Crippen molar-refractivity contribution in [3.8, 4) is 5.75 Å². The van der Waals surface area contributed by atoms with Crippen LogP contribution in [-0.4, -0.2) is 5.11 Å². The van der Waals surface area contributed by atoms with E-state index in [1.54, 1.807) is 0 Å². The molecule has 0 fully saturated rings. The summed E-state index contributed by atoms with van der Waals surface area (Å²) in [6, 6.07) is 83.1. The molecule has 0 atom stereocenters. The minimum Gasteiger partial charge on any atom is -0.508 e. The van der Waals surface area contributed by atoms with Gasteiger partial charge in [-0.3, -0.25) is 0 Å². The lowest BCUT2D eigenvalue weighted by Crippen LogP contribution is -2.15. The molecule has 0 radical (unpaired) electrons. The number of rotatable bonds is 12. The van der Waals surface area contributed by atoms with Crippen LogP contribution >= 0.6 is 15.9 Å². The summed E-state index contributed by atoms with van der Waals surface area (Å²) in [6.07, 6.45) is 0. The average Bonchev–Trinajstić information content (AvgIpc) is 3.29. The molecule has 0 bridgehead atoms. The van der Waals surface area contributed by atoms with Crippen LogP contribution in [0.25, 0.3) is 0 Å². The standard InChI is InChI=1S/C54H41BrN4O/c55-41-34-50(56(42-20-7-1-8-21-42)43-22-9-2-10-23-43)37-51(35-41)58(46-28-15-5-16-29-46)48-32-19-33-49(36-48)59(47-30-17-6-18-31-47)53-38-52(39-54(60)40-53)57(44-24-11-3-12-25-44)45-26-13-4-14-27-45/h1-40,60H. The average molecular weight is 842 g/mol. The predicted molar refractivity (Wildman–Crippen MR) is 255 cm³/mol. The molecule has 0 heterocycles. The van der Waals surface area contributed by atoms with Crippen molar-refractivity contribution in [2.24, 2.45) is 0 Å². The Kier molecular flexibility index (Phi) is 11.1. The quantitative estimate of drug-likeness (QED) is 0.133. The van der Waals surface area contributed by atoms with Gasteiger partial charge < -0.3 is 24.7 Å². The van der Waals surface area contributed by atoms with Gasteiger partial charge in [0.25, 0.3) is 0 Å². The van der Waals surface area contributed by atoms with Gasteiger partial charge in [-0.2, -0.15) is 0 Å². The number of para-hydroxylation sites is 6. The second-order valence-corrected chi connectivity index (χ2v) is 15.2. The van der Waals surface area contributed by atoms with Gasteiger partial charge in [0.2, 0.25) is 0 Å². The van der Waals surface area contributed by atoms with E-state index in [1.807, 2.05) is 84.9 Å². The molecule has 60 heavy (non-hydrogen) atoms. The fourth-order valence-electron chi connectivity index (χ4n) is 7.68. The molecule has 0 amide bonds. The number of nitrogens with zero attached hydrogens (tertiary/aromatic N) is 4. The molecule has 9 aromatic rings. The summed E-state index contributed by atoms with van der Waals surface area (Å²) in [5.74, 6) is 0.158. The molecule has 0 spiro atoms. The van der Waals surface area contributed by atoms with Crippen molar-refractivity contribution in [3.63, 3.8) is 0 Å². The highest BCUT2D eigenvalue weighted by atomic mass is 79.9. The highest BCUT2D eigenvalue weighted by molar-refractivity contribution is 9.10. The Bertz CT molecular complexity index is 2520. The number of phenols is 1. The van der Waals surface area contributed by atoms with Gasteiger partial charge in [-0.1, -0.05) is 131 Å². The molecular weight excluding hydrogens is 801 g/mol. The third-order valence-corrected chi connectivity index (χ3v) is 10.7. The topological polar surface area (TPSA) is 33.2 Å². The Morgan fingerprint density at radius 1 is 0.233 bits per heavy atom. The molecule has 1 N–H and O–H groups in total. The van der Waals surface area contributed by atoms with E-state index in [1.165, 1.54) is 0 Å². The van der Waals surface area contributed by atoms with Crippen LogP contribution in [0.5, 0.6) is 5.75 Å². The number of phenolic OH excluding ortho intramolecular Hbond substituents is 1. The normalized spacial score (nSPS) is 10.8. The molecule has 0 saturated carbocycles. The maximum atomic E-state index is 11.5. The van der Waals surface area contributed by atoms with E-state index in [0.29, 0.717) is 0 Å². The number of benzene rings is 9. The van der Waals surface area contributed by atoms with Crippen LogP contribution < -0.4 is 19.6 Å². The van der Waals surface area contributed by atoms with E-state index >= 15 is 0 Å². The summed E-state index contributed by atoms with van der Waals surface area (Å²) in [5, 5.41) is 11.5. The van der Waals surface area contributed by atoms with Crippen molar-refractivity contribution < 1.29 is 5.11 Å². The second-order valence-electron chi connectivity index (χ2n) is 14.3. The highest BCUT2D eigenvalue weighted by Crippen LogP contribution is 2.46. The maximum absolute atomic E-state index is 11.5. The summed E-state index contributed by atoms with van der Waals surface area (Å²) >= 11 is 3.91. The minimum atomic E-state index is 0.158. The van der Waals surface area contributed by atoms with Gasteiger partial charge in [0, 0.05) is 73.5 Å². The lowest BCUT2D eigenvalue weighted by molar-refractivity contribution is 0.475. The monoisotopic (exact) mass is 840 g/mol. The Labute approximate surface area is 360 Å². The lowest BCUT2D eigenvalue weighted by atomic mass is 10.1. The van der Waals surface area contributed by atoms with E-state index < -0.39 is 0 Å². The van der Waals surface area contributed by atoms with E-state index in [0.717, 1.165) is 72.7 Å². The van der Waals surface area contributed by atoms with Gasteiger partial charge in [0.1, 0.15) is 5.75 Å². The molecule has 9 aromatic carbocycles. The molecule has 5 nitrogen and oxygen atoms in total. The third kappa shape index (κ3) is 8.23. The smallest absolute Gasteiger partial charge is 0.119 e. The SMILES string of the molecule is Oc1cc(N(c2ccccc2)c2ccccc2)cc(N(c2ccccc2)c2cccc(N(c3ccccc3)c3cc(Br)cc(N(c4ccccc4)c4ccccc4)c3)c2)c1. The number of halogens is 1. The van der Waals surface area contributed by atoms with Gasteiger partial charge >= 0.3 is 0 Å². The number of hydrogen-bond donors (Lipinski definition) is 1. The molecule has 0 aliphatic carbocycles. The summed E-state index contributed by atoms with van der Waals surface area (Å²) in [5.41, 5.74) is 11.6. The fourth-order valence-corrected chi connectivity index (χ4v) is 8.15. The third-order valence-electron chi connectivity index (χ3n) is 10.2. The molecule has 0 unspecified atom stereocenters. The molecule has 6 heteroatoms. The molecular formula is C54H41BrN4O. The largest absolute Gasteiger partial charge is 0.508 e. The molecule has 0 saturated heterocycles. The van der Waals surface area contributed by atoms with E-state index in [4.69, 9.17) is 0 Å². The first-order valence-electron chi connectivity index (χ1n) is 19.8. The summed E-state index contributed by atoms with van der Waals surface area (Å²) in [7, 11) is 0. The molecule has 0 aliphatic heterocycles. The van der Waals surface area contributed by atoms with Crippen LogP contribution in [-0.2, 0) is 0 Å². The van der Waals surface area contributed by atoms with Crippen molar-refractivity contribution in [1.29, 1.82) is 0 Å². The van der Waals surface area contributed by atoms with Gasteiger partial charge in [-0.15, -0.1) is 0 Å². The molecule has 0 aliphatic rings. The fraction of sp³-hybridized carbons (Fsp3) is 0. The summed E-state index contributed by atoms with van der Waals surface area (Å²) in [4.78, 5) is 8.93. The van der Waals surface area contributed by atoms with Gasteiger partial charge in [-0.05, 0) is 115 Å². The zero-order valence-electron chi connectivity index (χ0n) is 32.7. The molecule has 290 valence electrons. The lowest BCUT2D eigenvalue weighted by Gasteiger charge is -2.32. The van der Waals surface area contributed by atoms with Gasteiger partial charge in [0.05, 0.1) is 11.4 Å². The van der Waals surface area contributed by atoms with Crippen LogP contribution in [0.1, 0.15) is 0 Å². The van der Waals surface area contributed by atoms with Crippen LogP contribution in [0.3, 0.4) is 0 Å². The number of anilines is 12. The van der Waals surface area contributed by atoms with Crippen molar-refractivity contribution in [3.05, 3.63) is 247 Å². The number of hydrogen-bond acceptors (Lipinski definition) is 5. The Hall–Kier alpha value is -7.54. The molecule has 9 rings (SSSR count).